The second kappa shape index (κ2) is 5.22. The Kier molecular flexibility index (Phi) is 4.08. The maximum absolute atomic E-state index is 5.93. The Labute approximate surface area is 105 Å². The highest BCUT2D eigenvalue weighted by atomic mass is 16.5. The quantitative estimate of drug-likeness (QED) is 0.791. The first-order valence-electron chi connectivity index (χ1n) is 6.65. The Morgan fingerprint density at radius 2 is 2.12 bits per heavy atom. The highest BCUT2D eigenvalue weighted by molar-refractivity contribution is 4.87. The summed E-state index contributed by atoms with van der Waals surface area (Å²) in [6.45, 7) is 11.4. The van der Waals surface area contributed by atoms with Crippen LogP contribution in [-0.4, -0.2) is 62.5 Å². The van der Waals surface area contributed by atoms with Crippen molar-refractivity contribution in [1.29, 1.82) is 0 Å². The average Bonchev–Trinajstić information content (AvgIpc) is 2.61. The summed E-state index contributed by atoms with van der Waals surface area (Å²) in [5.74, 6) is 0.612. The lowest BCUT2D eigenvalue weighted by atomic mass is 10.00. The molecule has 0 radical (unpaired) electrons. The van der Waals surface area contributed by atoms with Crippen molar-refractivity contribution in [2.45, 2.75) is 38.5 Å². The lowest BCUT2D eigenvalue weighted by Crippen LogP contribution is -2.54. The van der Waals surface area contributed by atoms with E-state index in [1.807, 2.05) is 7.05 Å². The number of hydrogen-bond acceptors (Lipinski definition) is 4. The second-order valence-corrected chi connectivity index (χ2v) is 6.07. The van der Waals surface area contributed by atoms with Gasteiger partial charge in [0.15, 0.2) is 0 Å². The maximum atomic E-state index is 5.93. The van der Waals surface area contributed by atoms with Crippen molar-refractivity contribution in [3.05, 3.63) is 0 Å². The van der Waals surface area contributed by atoms with E-state index in [-0.39, 0.29) is 5.60 Å². The van der Waals surface area contributed by atoms with Crippen molar-refractivity contribution < 1.29 is 9.47 Å². The van der Waals surface area contributed by atoms with Crippen LogP contribution < -0.4 is 5.32 Å². The predicted molar refractivity (Wildman–Crippen MR) is 68.2 cm³/mol. The standard InChI is InChI=1S/C13H26N2O2/c1-10-5-15(9-13(2,3)17-10)6-11-7-16-8-12(11)14-4/h10-12,14H,5-9H2,1-4H3. The number of likely N-dealkylation sites (N-methyl/N-ethyl adjacent to an activating group) is 1. The van der Waals surface area contributed by atoms with E-state index >= 15 is 0 Å². The molecule has 2 aliphatic rings. The Morgan fingerprint density at radius 1 is 1.35 bits per heavy atom. The van der Waals surface area contributed by atoms with Crippen LogP contribution in [0.25, 0.3) is 0 Å². The van der Waals surface area contributed by atoms with Gasteiger partial charge in [-0.15, -0.1) is 0 Å². The molecule has 2 aliphatic heterocycles. The largest absolute Gasteiger partial charge is 0.379 e. The molecule has 0 aromatic heterocycles. The molecule has 3 atom stereocenters. The van der Waals surface area contributed by atoms with Gasteiger partial charge in [0.2, 0.25) is 0 Å². The zero-order valence-electron chi connectivity index (χ0n) is 11.5. The first kappa shape index (κ1) is 13.3. The van der Waals surface area contributed by atoms with Crippen LogP contribution in [-0.2, 0) is 9.47 Å². The van der Waals surface area contributed by atoms with E-state index in [0.717, 1.165) is 32.8 Å². The fourth-order valence-corrected chi connectivity index (χ4v) is 3.15. The molecule has 17 heavy (non-hydrogen) atoms. The van der Waals surface area contributed by atoms with Gasteiger partial charge >= 0.3 is 0 Å². The summed E-state index contributed by atoms with van der Waals surface area (Å²) in [7, 11) is 2.03. The van der Waals surface area contributed by atoms with Crippen LogP contribution in [0.3, 0.4) is 0 Å². The van der Waals surface area contributed by atoms with Crippen molar-refractivity contribution in [3.63, 3.8) is 0 Å². The fourth-order valence-electron chi connectivity index (χ4n) is 3.15. The molecule has 2 rings (SSSR count). The minimum absolute atomic E-state index is 0.0216. The van der Waals surface area contributed by atoms with E-state index in [2.05, 4.69) is 31.0 Å². The van der Waals surface area contributed by atoms with Crippen molar-refractivity contribution in [2.75, 3.05) is 39.9 Å². The van der Waals surface area contributed by atoms with Gasteiger partial charge < -0.3 is 14.8 Å². The topological polar surface area (TPSA) is 33.7 Å². The molecule has 2 heterocycles. The van der Waals surface area contributed by atoms with E-state index in [1.165, 1.54) is 0 Å². The monoisotopic (exact) mass is 242 g/mol. The fraction of sp³-hybridized carbons (Fsp3) is 1.00. The van der Waals surface area contributed by atoms with Crippen LogP contribution in [0.15, 0.2) is 0 Å². The molecule has 0 amide bonds. The summed E-state index contributed by atoms with van der Waals surface area (Å²) in [6, 6.07) is 0.510. The van der Waals surface area contributed by atoms with Gasteiger partial charge in [0.25, 0.3) is 0 Å². The van der Waals surface area contributed by atoms with Crippen LogP contribution in [0.5, 0.6) is 0 Å². The van der Waals surface area contributed by atoms with Gasteiger partial charge in [-0.2, -0.15) is 0 Å². The molecule has 4 heteroatoms. The molecule has 4 nitrogen and oxygen atoms in total. The zero-order valence-corrected chi connectivity index (χ0v) is 11.5. The third kappa shape index (κ3) is 3.41. The first-order chi connectivity index (χ1) is 8.00. The number of morpholine rings is 1. The summed E-state index contributed by atoms with van der Waals surface area (Å²) in [5, 5.41) is 3.35. The van der Waals surface area contributed by atoms with Gasteiger partial charge in [-0.3, -0.25) is 4.90 Å². The summed E-state index contributed by atoms with van der Waals surface area (Å²) in [4.78, 5) is 2.53. The smallest absolute Gasteiger partial charge is 0.0757 e. The second-order valence-electron chi connectivity index (χ2n) is 6.07. The Balaban J connectivity index is 1.89. The van der Waals surface area contributed by atoms with E-state index in [1.54, 1.807) is 0 Å². The number of nitrogens with zero attached hydrogens (tertiary/aromatic N) is 1. The third-order valence-electron chi connectivity index (χ3n) is 3.70. The van der Waals surface area contributed by atoms with E-state index in [0.29, 0.717) is 18.1 Å². The molecule has 0 spiro atoms. The number of hydrogen-bond donors (Lipinski definition) is 1. The maximum Gasteiger partial charge on any atom is 0.0757 e. The Morgan fingerprint density at radius 3 is 2.76 bits per heavy atom. The predicted octanol–water partition coefficient (Wildman–Crippen LogP) is 0.720. The summed E-state index contributed by atoms with van der Waals surface area (Å²) >= 11 is 0. The van der Waals surface area contributed by atoms with Crippen LogP contribution in [0, 0.1) is 5.92 Å². The Bertz CT molecular complexity index is 258. The van der Waals surface area contributed by atoms with Crippen LogP contribution in [0.1, 0.15) is 20.8 Å². The minimum Gasteiger partial charge on any atom is -0.379 e. The van der Waals surface area contributed by atoms with Gasteiger partial charge in [-0.25, -0.2) is 0 Å². The highest BCUT2D eigenvalue weighted by Gasteiger charge is 2.35. The van der Waals surface area contributed by atoms with Crippen molar-refractivity contribution in [2.24, 2.45) is 5.92 Å². The molecule has 0 saturated carbocycles. The molecule has 0 bridgehead atoms. The molecular weight excluding hydrogens is 216 g/mol. The van der Waals surface area contributed by atoms with Crippen LogP contribution in [0.4, 0.5) is 0 Å². The molecule has 0 aliphatic carbocycles. The average molecular weight is 242 g/mol. The Hall–Kier alpha value is -0.160. The molecule has 0 aromatic rings. The molecular formula is C13H26N2O2. The van der Waals surface area contributed by atoms with Crippen molar-refractivity contribution >= 4 is 0 Å². The van der Waals surface area contributed by atoms with Crippen molar-refractivity contribution in [3.8, 4) is 0 Å². The normalized spacial score (nSPS) is 38.5. The molecule has 2 fully saturated rings. The lowest BCUT2D eigenvalue weighted by Gasteiger charge is -2.42. The van der Waals surface area contributed by atoms with Gasteiger partial charge in [0.05, 0.1) is 24.9 Å². The number of rotatable bonds is 3. The zero-order chi connectivity index (χ0) is 12.5. The van der Waals surface area contributed by atoms with Crippen LogP contribution in [0.2, 0.25) is 0 Å². The summed E-state index contributed by atoms with van der Waals surface area (Å²) in [5.41, 5.74) is -0.0216. The molecule has 3 unspecified atom stereocenters. The van der Waals surface area contributed by atoms with Gasteiger partial charge in [0.1, 0.15) is 0 Å². The minimum atomic E-state index is -0.0216. The van der Waals surface area contributed by atoms with Crippen molar-refractivity contribution in [1.82, 2.24) is 10.2 Å². The molecule has 0 aromatic carbocycles. The molecule has 100 valence electrons. The summed E-state index contributed by atoms with van der Waals surface area (Å²) in [6.07, 6.45) is 0.328. The first-order valence-corrected chi connectivity index (χ1v) is 6.65. The lowest BCUT2D eigenvalue weighted by molar-refractivity contribution is -0.131. The van der Waals surface area contributed by atoms with E-state index in [4.69, 9.17) is 9.47 Å². The van der Waals surface area contributed by atoms with E-state index in [9.17, 15) is 0 Å². The van der Waals surface area contributed by atoms with Gasteiger partial charge in [-0.1, -0.05) is 0 Å². The molecule has 1 N–H and O–H groups in total. The van der Waals surface area contributed by atoms with Gasteiger partial charge in [-0.05, 0) is 27.8 Å². The van der Waals surface area contributed by atoms with Crippen LogP contribution >= 0.6 is 0 Å². The third-order valence-corrected chi connectivity index (χ3v) is 3.70. The molecule has 2 saturated heterocycles. The van der Waals surface area contributed by atoms with Gasteiger partial charge in [0, 0.05) is 31.6 Å². The summed E-state index contributed by atoms with van der Waals surface area (Å²) < 4.78 is 11.5. The van der Waals surface area contributed by atoms with E-state index < -0.39 is 0 Å². The number of ether oxygens (including phenoxy) is 2. The number of nitrogens with one attached hydrogen (secondary N) is 1. The SMILES string of the molecule is CNC1COCC1CN1CC(C)OC(C)(C)C1. The highest BCUT2D eigenvalue weighted by Crippen LogP contribution is 2.23.